The second kappa shape index (κ2) is 3.82. The van der Waals surface area contributed by atoms with Gasteiger partial charge < -0.3 is 10.8 Å². The molecule has 0 saturated heterocycles. The van der Waals surface area contributed by atoms with Crippen LogP contribution < -0.4 is 5.73 Å². The molecule has 1 heterocycles. The van der Waals surface area contributed by atoms with Gasteiger partial charge in [-0.3, -0.25) is 10.1 Å². The van der Waals surface area contributed by atoms with E-state index in [0.29, 0.717) is 16.8 Å². The molecule has 0 atom stereocenters. The molecule has 16 heavy (non-hydrogen) atoms. The van der Waals surface area contributed by atoms with E-state index in [1.54, 1.807) is 23.6 Å². The van der Waals surface area contributed by atoms with E-state index in [9.17, 15) is 15.2 Å². The van der Waals surface area contributed by atoms with Gasteiger partial charge in [-0.05, 0) is 23.6 Å². The number of phenols is 1. The Labute approximate surface area is 94.9 Å². The minimum atomic E-state index is -0.480. The Kier molecular flexibility index (Phi) is 2.49. The third-order valence-electron chi connectivity index (χ3n) is 2.15. The van der Waals surface area contributed by atoms with Crippen LogP contribution in [0, 0.1) is 10.1 Å². The van der Waals surface area contributed by atoms with E-state index >= 15 is 0 Å². The molecule has 0 amide bonds. The first-order chi connectivity index (χ1) is 7.61. The zero-order valence-electron chi connectivity index (χ0n) is 8.08. The maximum atomic E-state index is 10.8. The third-order valence-corrected chi connectivity index (χ3v) is 3.02. The summed E-state index contributed by atoms with van der Waals surface area (Å²) in [6.45, 7) is 0. The molecule has 0 fully saturated rings. The lowest BCUT2D eigenvalue weighted by Crippen LogP contribution is -1.92. The molecule has 1 aromatic heterocycles. The molecular weight excluding hydrogens is 228 g/mol. The largest absolute Gasteiger partial charge is 0.507 e. The monoisotopic (exact) mass is 236 g/mol. The molecule has 0 bridgehead atoms. The first kappa shape index (κ1) is 10.4. The quantitative estimate of drug-likeness (QED) is 0.476. The van der Waals surface area contributed by atoms with Gasteiger partial charge in [-0.25, -0.2) is 0 Å². The van der Waals surface area contributed by atoms with Crippen LogP contribution in [0.25, 0.3) is 11.1 Å². The Morgan fingerprint density at radius 2 is 2.12 bits per heavy atom. The SMILES string of the molecule is Nc1cccc(O)c1-c1ccsc1[N+](=O)[O-]. The Morgan fingerprint density at radius 3 is 2.75 bits per heavy atom. The molecule has 0 aliphatic rings. The van der Waals surface area contributed by atoms with Crippen LogP contribution in [0.15, 0.2) is 29.6 Å². The molecule has 3 N–H and O–H groups in total. The lowest BCUT2D eigenvalue weighted by Gasteiger charge is -2.05. The van der Waals surface area contributed by atoms with Crippen molar-refractivity contribution >= 4 is 22.0 Å². The van der Waals surface area contributed by atoms with Crippen molar-refractivity contribution in [2.75, 3.05) is 5.73 Å². The number of anilines is 1. The lowest BCUT2D eigenvalue weighted by molar-refractivity contribution is -0.379. The molecule has 6 heteroatoms. The summed E-state index contributed by atoms with van der Waals surface area (Å²) in [6.07, 6.45) is 0. The molecule has 0 unspecified atom stereocenters. The van der Waals surface area contributed by atoms with Crippen molar-refractivity contribution in [3.8, 4) is 16.9 Å². The summed E-state index contributed by atoms with van der Waals surface area (Å²) in [5.74, 6) is -0.0542. The molecule has 82 valence electrons. The zero-order valence-corrected chi connectivity index (χ0v) is 8.90. The third kappa shape index (κ3) is 1.59. The van der Waals surface area contributed by atoms with Gasteiger partial charge in [0.15, 0.2) is 0 Å². The van der Waals surface area contributed by atoms with Crippen LogP contribution in [0.1, 0.15) is 0 Å². The summed E-state index contributed by atoms with van der Waals surface area (Å²) in [7, 11) is 0. The maximum Gasteiger partial charge on any atom is 0.332 e. The first-order valence-electron chi connectivity index (χ1n) is 4.41. The van der Waals surface area contributed by atoms with Crippen LogP contribution in [0.5, 0.6) is 5.75 Å². The van der Waals surface area contributed by atoms with Crippen LogP contribution in [0.4, 0.5) is 10.7 Å². The van der Waals surface area contributed by atoms with Gasteiger partial charge in [-0.2, -0.15) is 0 Å². The molecule has 2 aromatic rings. The van der Waals surface area contributed by atoms with Gasteiger partial charge in [0, 0.05) is 5.69 Å². The highest BCUT2D eigenvalue weighted by Gasteiger charge is 2.21. The van der Waals surface area contributed by atoms with Crippen molar-refractivity contribution < 1.29 is 10.0 Å². The summed E-state index contributed by atoms with van der Waals surface area (Å²) in [5.41, 5.74) is 6.69. The molecular formula is C10H8N2O3S. The molecule has 2 rings (SSSR count). The van der Waals surface area contributed by atoms with E-state index < -0.39 is 4.92 Å². The molecule has 0 spiro atoms. The highest BCUT2D eigenvalue weighted by Crippen LogP contribution is 2.42. The summed E-state index contributed by atoms with van der Waals surface area (Å²) >= 11 is 1.00. The van der Waals surface area contributed by atoms with Gasteiger partial charge in [-0.15, -0.1) is 0 Å². The van der Waals surface area contributed by atoms with E-state index in [4.69, 9.17) is 5.73 Å². The number of nitrogen functional groups attached to an aromatic ring is 1. The van der Waals surface area contributed by atoms with E-state index in [0.717, 1.165) is 11.3 Å². The van der Waals surface area contributed by atoms with Crippen molar-refractivity contribution in [2.24, 2.45) is 0 Å². The number of rotatable bonds is 2. The normalized spacial score (nSPS) is 10.2. The number of benzene rings is 1. The van der Waals surface area contributed by atoms with Gasteiger partial charge in [-0.1, -0.05) is 17.4 Å². The first-order valence-corrected chi connectivity index (χ1v) is 5.29. The number of phenolic OH excluding ortho intramolecular Hbond substituents is 1. The molecule has 0 aliphatic heterocycles. The second-order valence-corrected chi connectivity index (χ2v) is 4.03. The standard InChI is InChI=1S/C10H8N2O3S/c11-7-2-1-3-8(13)9(7)6-4-5-16-10(6)12(14)15/h1-5,13H,11H2. The van der Waals surface area contributed by atoms with Crippen LogP contribution in [0.3, 0.4) is 0 Å². The predicted octanol–water partition coefficient (Wildman–Crippen LogP) is 2.61. The van der Waals surface area contributed by atoms with Gasteiger partial charge in [0.05, 0.1) is 16.1 Å². The topological polar surface area (TPSA) is 89.4 Å². The maximum absolute atomic E-state index is 10.8. The number of nitrogens with zero attached hydrogens (tertiary/aromatic N) is 1. The average molecular weight is 236 g/mol. The van der Waals surface area contributed by atoms with E-state index in [1.807, 2.05) is 0 Å². The van der Waals surface area contributed by atoms with Gasteiger partial charge >= 0.3 is 5.00 Å². The number of aromatic hydroxyl groups is 1. The highest BCUT2D eigenvalue weighted by atomic mass is 32.1. The van der Waals surface area contributed by atoms with Crippen LogP contribution in [-0.4, -0.2) is 10.0 Å². The number of hydrogen-bond donors (Lipinski definition) is 2. The Morgan fingerprint density at radius 1 is 1.38 bits per heavy atom. The molecule has 0 radical (unpaired) electrons. The van der Waals surface area contributed by atoms with Crippen molar-refractivity contribution in [3.05, 3.63) is 39.8 Å². The van der Waals surface area contributed by atoms with Gasteiger partial charge in [0.2, 0.25) is 0 Å². The number of nitro groups is 1. The highest BCUT2D eigenvalue weighted by molar-refractivity contribution is 7.14. The zero-order chi connectivity index (χ0) is 11.7. The van der Waals surface area contributed by atoms with Crippen molar-refractivity contribution in [2.45, 2.75) is 0 Å². The fourth-order valence-electron chi connectivity index (χ4n) is 1.48. The number of thiophene rings is 1. The minimum Gasteiger partial charge on any atom is -0.507 e. The van der Waals surface area contributed by atoms with E-state index in [1.165, 1.54) is 6.07 Å². The van der Waals surface area contributed by atoms with Crippen molar-refractivity contribution in [1.82, 2.24) is 0 Å². The fourth-order valence-corrected chi connectivity index (χ4v) is 2.20. The molecule has 0 saturated carbocycles. The smallest absolute Gasteiger partial charge is 0.332 e. The van der Waals surface area contributed by atoms with Gasteiger partial charge in [0.1, 0.15) is 5.75 Å². The Hall–Kier alpha value is -2.08. The molecule has 5 nitrogen and oxygen atoms in total. The summed E-state index contributed by atoms with van der Waals surface area (Å²) in [6, 6.07) is 6.21. The summed E-state index contributed by atoms with van der Waals surface area (Å²) in [4.78, 5) is 10.3. The van der Waals surface area contributed by atoms with Gasteiger partial charge in [0.25, 0.3) is 0 Å². The van der Waals surface area contributed by atoms with Crippen molar-refractivity contribution in [1.29, 1.82) is 0 Å². The Balaban J connectivity index is 2.68. The van der Waals surface area contributed by atoms with E-state index in [2.05, 4.69) is 0 Å². The minimum absolute atomic E-state index is 0.0202. The Bertz CT molecular complexity index is 530. The van der Waals surface area contributed by atoms with Crippen LogP contribution in [-0.2, 0) is 0 Å². The van der Waals surface area contributed by atoms with Crippen LogP contribution >= 0.6 is 11.3 Å². The number of nitrogens with two attached hydrogens (primary N) is 1. The number of hydrogen-bond acceptors (Lipinski definition) is 5. The van der Waals surface area contributed by atoms with Crippen molar-refractivity contribution in [3.63, 3.8) is 0 Å². The van der Waals surface area contributed by atoms with E-state index in [-0.39, 0.29) is 10.8 Å². The van der Waals surface area contributed by atoms with Crippen LogP contribution in [0.2, 0.25) is 0 Å². The molecule has 0 aliphatic carbocycles. The summed E-state index contributed by atoms with van der Waals surface area (Å²) in [5, 5.41) is 22.0. The lowest BCUT2D eigenvalue weighted by atomic mass is 10.1. The average Bonchev–Trinajstić information content (AvgIpc) is 2.66. The second-order valence-electron chi connectivity index (χ2n) is 3.14. The molecule has 1 aromatic carbocycles. The summed E-state index contributed by atoms with van der Waals surface area (Å²) < 4.78 is 0. The predicted molar refractivity (Wildman–Crippen MR) is 62.5 cm³/mol. The fraction of sp³-hybridized carbons (Fsp3) is 0.